The summed E-state index contributed by atoms with van der Waals surface area (Å²) in [4.78, 5) is 12.9. The average molecular weight is 383 g/mol. The summed E-state index contributed by atoms with van der Waals surface area (Å²) in [7, 11) is 1.68. The maximum Gasteiger partial charge on any atom is 0.343 e. The highest BCUT2D eigenvalue weighted by Crippen LogP contribution is 2.26. The van der Waals surface area contributed by atoms with Crippen molar-refractivity contribution < 1.29 is 18.7 Å². The van der Waals surface area contributed by atoms with E-state index in [-0.39, 0.29) is 17.9 Å². The van der Waals surface area contributed by atoms with E-state index in [9.17, 15) is 9.18 Å². The predicted octanol–water partition coefficient (Wildman–Crippen LogP) is 3.92. The van der Waals surface area contributed by atoms with E-state index in [0.717, 1.165) is 19.3 Å². The van der Waals surface area contributed by atoms with Gasteiger partial charge in [-0.1, -0.05) is 12.1 Å². The second-order valence-corrected chi connectivity index (χ2v) is 6.89. The number of carbonyl (C=O) groups excluding carboxylic acids is 1. The molecule has 0 spiro atoms. The van der Waals surface area contributed by atoms with Gasteiger partial charge in [0.15, 0.2) is 5.82 Å². The zero-order valence-corrected chi connectivity index (χ0v) is 15.6. The largest absolute Gasteiger partial charge is 0.459 e. The van der Waals surface area contributed by atoms with Crippen molar-refractivity contribution in [2.24, 2.45) is 0 Å². The Kier molecular flexibility index (Phi) is 5.25. The minimum absolute atomic E-state index is 0.108. The Balaban J connectivity index is 1.68. The van der Waals surface area contributed by atoms with Crippen LogP contribution < -0.4 is 0 Å². The topological polar surface area (TPSA) is 58.3 Å². The van der Waals surface area contributed by atoms with E-state index in [1.807, 2.05) is 12.1 Å². The van der Waals surface area contributed by atoms with Gasteiger partial charge in [0.2, 0.25) is 0 Å². The molecular formula is C21H22FN3O3. The zero-order chi connectivity index (χ0) is 19.5. The highest BCUT2D eigenvalue weighted by atomic mass is 19.1. The first kappa shape index (κ1) is 18.4. The van der Waals surface area contributed by atoms with Crippen LogP contribution in [0.4, 0.5) is 4.39 Å². The Labute approximate surface area is 162 Å². The molecule has 0 amide bonds. The normalized spacial score (nSPS) is 19.5. The van der Waals surface area contributed by atoms with Crippen LogP contribution in [0, 0.1) is 5.82 Å². The number of ether oxygens (including phenoxy) is 2. The van der Waals surface area contributed by atoms with Gasteiger partial charge in [-0.05, 0) is 43.5 Å². The first-order valence-corrected chi connectivity index (χ1v) is 9.37. The van der Waals surface area contributed by atoms with Crippen molar-refractivity contribution in [3.8, 4) is 11.5 Å². The highest BCUT2D eigenvalue weighted by molar-refractivity contribution is 5.93. The van der Waals surface area contributed by atoms with Crippen LogP contribution in [0.1, 0.15) is 36.0 Å². The van der Waals surface area contributed by atoms with E-state index >= 15 is 0 Å². The summed E-state index contributed by atoms with van der Waals surface area (Å²) in [6.45, 7) is 0. The summed E-state index contributed by atoms with van der Waals surface area (Å²) in [6.07, 6.45) is 8.34. The Hall–Kier alpha value is -2.93. The number of rotatable bonds is 5. The standard InChI is InChI=1S/C21H22FN3O3/c1-27-15-7-6-8-16(13-15)28-21(26)17-14-23-25(19-10-3-2-9-18(19)22)20(17)24-11-4-5-12-24/h2-5,9-12,14-16H,6-8,13H2,1H3/t15-,16-/m0/s1. The molecule has 1 aliphatic rings. The number of esters is 1. The van der Waals surface area contributed by atoms with E-state index in [2.05, 4.69) is 5.10 Å². The minimum atomic E-state index is -0.465. The molecule has 0 unspecified atom stereocenters. The summed E-state index contributed by atoms with van der Waals surface area (Å²) in [5, 5.41) is 4.28. The van der Waals surface area contributed by atoms with Crippen LogP contribution in [0.3, 0.4) is 0 Å². The Morgan fingerprint density at radius 3 is 2.64 bits per heavy atom. The van der Waals surface area contributed by atoms with E-state index in [1.165, 1.54) is 16.9 Å². The van der Waals surface area contributed by atoms with E-state index in [1.54, 1.807) is 42.3 Å². The van der Waals surface area contributed by atoms with Crippen LogP contribution in [0.5, 0.6) is 0 Å². The van der Waals surface area contributed by atoms with Crippen LogP contribution in [0.15, 0.2) is 55.0 Å². The second-order valence-electron chi connectivity index (χ2n) is 6.89. The molecule has 2 aromatic heterocycles. The smallest absolute Gasteiger partial charge is 0.343 e. The molecule has 6 nitrogen and oxygen atoms in total. The lowest BCUT2D eigenvalue weighted by atomic mass is 9.95. The summed E-state index contributed by atoms with van der Waals surface area (Å²) in [5.74, 6) is -0.443. The molecule has 7 heteroatoms. The highest BCUT2D eigenvalue weighted by Gasteiger charge is 2.28. The molecule has 2 heterocycles. The fourth-order valence-corrected chi connectivity index (χ4v) is 3.65. The molecule has 1 aromatic carbocycles. The molecule has 1 saturated carbocycles. The molecular weight excluding hydrogens is 361 g/mol. The number of nitrogens with zero attached hydrogens (tertiary/aromatic N) is 3. The number of aromatic nitrogens is 3. The maximum atomic E-state index is 14.4. The second kappa shape index (κ2) is 7.98. The van der Waals surface area contributed by atoms with Crippen molar-refractivity contribution >= 4 is 5.97 Å². The van der Waals surface area contributed by atoms with Crippen molar-refractivity contribution in [1.29, 1.82) is 0 Å². The summed E-state index contributed by atoms with van der Waals surface area (Å²) in [6, 6.07) is 9.99. The van der Waals surface area contributed by atoms with Crippen molar-refractivity contribution in [3.05, 3.63) is 66.4 Å². The fraction of sp³-hybridized carbons (Fsp3) is 0.333. The van der Waals surface area contributed by atoms with Crippen molar-refractivity contribution in [3.63, 3.8) is 0 Å². The van der Waals surface area contributed by atoms with Crippen LogP contribution in [-0.2, 0) is 9.47 Å². The quantitative estimate of drug-likeness (QED) is 0.627. The number of hydrogen-bond acceptors (Lipinski definition) is 4. The van der Waals surface area contributed by atoms with E-state index in [4.69, 9.17) is 9.47 Å². The van der Waals surface area contributed by atoms with Crippen molar-refractivity contribution in [2.75, 3.05) is 7.11 Å². The Morgan fingerprint density at radius 2 is 1.89 bits per heavy atom. The van der Waals surface area contributed by atoms with E-state index < -0.39 is 11.8 Å². The van der Waals surface area contributed by atoms with Crippen LogP contribution in [0.2, 0.25) is 0 Å². The maximum absolute atomic E-state index is 14.4. The average Bonchev–Trinajstić information content (AvgIpc) is 3.38. The molecule has 0 saturated heterocycles. The number of carbonyl (C=O) groups is 1. The summed E-state index contributed by atoms with van der Waals surface area (Å²) >= 11 is 0. The van der Waals surface area contributed by atoms with Crippen molar-refractivity contribution in [1.82, 2.24) is 14.3 Å². The molecule has 146 valence electrons. The molecule has 28 heavy (non-hydrogen) atoms. The summed E-state index contributed by atoms with van der Waals surface area (Å²) < 4.78 is 28.7. The number of benzene rings is 1. The minimum Gasteiger partial charge on any atom is -0.459 e. The van der Waals surface area contributed by atoms with Gasteiger partial charge in [0.25, 0.3) is 0 Å². The Bertz CT molecular complexity index is 952. The van der Waals surface area contributed by atoms with E-state index in [0.29, 0.717) is 17.8 Å². The monoisotopic (exact) mass is 383 g/mol. The van der Waals surface area contributed by atoms with Gasteiger partial charge in [-0.3, -0.25) is 0 Å². The molecule has 2 atom stereocenters. The van der Waals surface area contributed by atoms with Crippen molar-refractivity contribution in [2.45, 2.75) is 37.9 Å². The SMILES string of the molecule is CO[C@H]1CCC[C@H](OC(=O)c2cnn(-c3ccccc3F)c2-n2cccc2)C1. The number of methoxy groups -OCH3 is 1. The van der Waals surface area contributed by atoms with Gasteiger partial charge in [-0.25, -0.2) is 13.9 Å². The first-order chi connectivity index (χ1) is 13.7. The first-order valence-electron chi connectivity index (χ1n) is 9.37. The molecule has 4 rings (SSSR count). The fourth-order valence-electron chi connectivity index (χ4n) is 3.65. The molecule has 1 aliphatic carbocycles. The predicted molar refractivity (Wildman–Crippen MR) is 101 cm³/mol. The third-order valence-corrected chi connectivity index (χ3v) is 5.08. The van der Waals surface area contributed by atoms with Crippen LogP contribution in [-0.4, -0.2) is 39.6 Å². The van der Waals surface area contributed by atoms with Gasteiger partial charge in [0, 0.05) is 25.9 Å². The molecule has 0 aliphatic heterocycles. The lowest BCUT2D eigenvalue weighted by Crippen LogP contribution is -2.29. The lowest BCUT2D eigenvalue weighted by Gasteiger charge is -2.27. The van der Waals surface area contributed by atoms with Crippen LogP contribution in [0.25, 0.3) is 11.5 Å². The number of halogens is 1. The van der Waals surface area contributed by atoms with Gasteiger partial charge >= 0.3 is 5.97 Å². The van der Waals surface area contributed by atoms with Gasteiger partial charge in [0.1, 0.15) is 23.2 Å². The number of hydrogen-bond donors (Lipinski definition) is 0. The molecule has 0 radical (unpaired) electrons. The van der Waals surface area contributed by atoms with Gasteiger partial charge in [-0.2, -0.15) is 5.10 Å². The molecule has 0 N–H and O–H groups in total. The van der Waals surface area contributed by atoms with Gasteiger partial charge in [0.05, 0.1) is 12.3 Å². The number of para-hydroxylation sites is 1. The molecule has 3 aromatic rings. The Morgan fingerprint density at radius 1 is 1.14 bits per heavy atom. The summed E-state index contributed by atoms with van der Waals surface area (Å²) in [5.41, 5.74) is 0.557. The third kappa shape index (κ3) is 3.57. The molecule has 1 fully saturated rings. The van der Waals surface area contributed by atoms with Gasteiger partial charge in [-0.15, -0.1) is 0 Å². The lowest BCUT2D eigenvalue weighted by molar-refractivity contribution is -0.0149. The van der Waals surface area contributed by atoms with Crippen LogP contribution >= 0.6 is 0 Å². The third-order valence-electron chi connectivity index (χ3n) is 5.08. The van der Waals surface area contributed by atoms with Gasteiger partial charge < -0.3 is 14.0 Å². The molecule has 0 bridgehead atoms. The zero-order valence-electron chi connectivity index (χ0n) is 15.6.